The molecular formula is C22H19F2N5O3S. The summed E-state index contributed by atoms with van der Waals surface area (Å²) in [5.41, 5.74) is 1.82. The number of carbonyl (C=O) groups excluding carboxylic acids is 1. The van der Waals surface area contributed by atoms with E-state index in [0.29, 0.717) is 10.8 Å². The van der Waals surface area contributed by atoms with E-state index in [-0.39, 0.29) is 34.1 Å². The van der Waals surface area contributed by atoms with Crippen LogP contribution >= 0.6 is 11.3 Å². The second-order valence-corrected chi connectivity index (χ2v) is 8.96. The smallest absolute Gasteiger partial charge is 0.349 e. The third-order valence-corrected chi connectivity index (χ3v) is 6.71. The number of ether oxygens (including phenoxy) is 1. The number of rotatable bonds is 7. The third kappa shape index (κ3) is 3.82. The predicted molar refractivity (Wildman–Crippen MR) is 114 cm³/mol. The molecule has 0 saturated heterocycles. The zero-order chi connectivity index (χ0) is 23.2. The van der Waals surface area contributed by atoms with Crippen molar-refractivity contribution in [1.82, 2.24) is 24.9 Å². The van der Waals surface area contributed by atoms with Gasteiger partial charge in [-0.25, -0.2) is 18.6 Å². The van der Waals surface area contributed by atoms with Gasteiger partial charge in [0.1, 0.15) is 15.6 Å². The van der Waals surface area contributed by atoms with E-state index >= 15 is 0 Å². The number of nitrogens with zero attached hydrogens (tertiary/aromatic N) is 5. The number of benzene rings is 1. The van der Waals surface area contributed by atoms with Crippen LogP contribution in [0.2, 0.25) is 0 Å². The number of halogens is 2. The van der Waals surface area contributed by atoms with Gasteiger partial charge in [0, 0.05) is 0 Å². The molecule has 0 bridgehead atoms. The molecule has 1 aliphatic rings. The summed E-state index contributed by atoms with van der Waals surface area (Å²) in [4.78, 5) is 20.5. The van der Waals surface area contributed by atoms with E-state index in [1.54, 1.807) is 0 Å². The fraction of sp³-hybridized carbons (Fsp3) is 0.318. The first-order valence-corrected chi connectivity index (χ1v) is 11.0. The highest BCUT2D eigenvalue weighted by molar-refractivity contribution is 7.13. The lowest BCUT2D eigenvalue weighted by molar-refractivity contribution is 0.0606. The van der Waals surface area contributed by atoms with Gasteiger partial charge in [0.2, 0.25) is 0 Å². The molecule has 8 nitrogen and oxygen atoms in total. The Morgan fingerprint density at radius 2 is 2.12 bits per heavy atom. The van der Waals surface area contributed by atoms with Crippen LogP contribution in [0.4, 0.5) is 8.78 Å². The standard InChI is InChI=1S/C22H19F2N5O3S/c1-12-5-3-4-6-13(12)22(7-8-22)21-26-19(32-28-21)14-9-15(18(23)24)29(27-14)11-17-25-10-16(33-17)20(30)31-2/h3-6,9-10,18H,7-8,11H2,1-2H3. The maximum atomic E-state index is 13.7. The molecule has 0 spiro atoms. The first kappa shape index (κ1) is 21.4. The van der Waals surface area contributed by atoms with Crippen LogP contribution in [0.5, 0.6) is 0 Å². The topological polar surface area (TPSA) is 95.9 Å². The molecule has 3 heterocycles. The minimum Gasteiger partial charge on any atom is -0.465 e. The van der Waals surface area contributed by atoms with Crippen molar-refractivity contribution >= 4 is 17.3 Å². The fourth-order valence-corrected chi connectivity index (χ4v) is 4.73. The summed E-state index contributed by atoms with van der Waals surface area (Å²) in [6.45, 7) is 2.01. The molecule has 11 heteroatoms. The normalized spacial score (nSPS) is 14.6. The summed E-state index contributed by atoms with van der Waals surface area (Å²) in [7, 11) is 1.26. The quantitative estimate of drug-likeness (QED) is 0.365. The van der Waals surface area contributed by atoms with Crippen molar-refractivity contribution in [2.75, 3.05) is 7.11 Å². The average molecular weight is 471 g/mol. The van der Waals surface area contributed by atoms with Crippen molar-refractivity contribution in [3.8, 4) is 11.6 Å². The van der Waals surface area contributed by atoms with E-state index < -0.39 is 12.4 Å². The maximum absolute atomic E-state index is 13.7. The Bertz CT molecular complexity index is 1330. The second kappa shape index (κ2) is 8.14. The number of aromatic nitrogens is 5. The van der Waals surface area contributed by atoms with Gasteiger partial charge in [0.15, 0.2) is 11.5 Å². The third-order valence-electron chi connectivity index (χ3n) is 5.74. The highest BCUT2D eigenvalue weighted by Crippen LogP contribution is 2.53. The Morgan fingerprint density at radius 3 is 2.82 bits per heavy atom. The van der Waals surface area contributed by atoms with Crippen LogP contribution in [0.3, 0.4) is 0 Å². The van der Waals surface area contributed by atoms with Crippen LogP contribution in [0.25, 0.3) is 11.6 Å². The Balaban J connectivity index is 1.44. The molecule has 0 N–H and O–H groups in total. The number of carbonyl (C=O) groups is 1. The van der Waals surface area contributed by atoms with Gasteiger partial charge in [-0.1, -0.05) is 29.4 Å². The average Bonchev–Trinajstić information content (AvgIpc) is 3.17. The predicted octanol–water partition coefficient (Wildman–Crippen LogP) is 4.55. The SMILES string of the molecule is COC(=O)c1cnc(Cn2nc(-c3nc(C4(c5ccccc5C)CC4)no3)cc2C(F)F)s1. The summed E-state index contributed by atoms with van der Waals surface area (Å²) >= 11 is 1.06. The lowest BCUT2D eigenvalue weighted by atomic mass is 9.91. The highest BCUT2D eigenvalue weighted by atomic mass is 32.1. The lowest BCUT2D eigenvalue weighted by Gasteiger charge is -2.13. The molecule has 33 heavy (non-hydrogen) atoms. The molecule has 1 saturated carbocycles. The van der Waals surface area contributed by atoms with Gasteiger partial charge in [-0.05, 0) is 37.0 Å². The van der Waals surface area contributed by atoms with Crippen molar-refractivity contribution in [3.63, 3.8) is 0 Å². The van der Waals surface area contributed by atoms with Crippen LogP contribution in [-0.2, 0) is 16.7 Å². The van der Waals surface area contributed by atoms with E-state index in [2.05, 4.69) is 31.0 Å². The number of esters is 1. The van der Waals surface area contributed by atoms with E-state index in [1.165, 1.54) is 19.4 Å². The first-order valence-electron chi connectivity index (χ1n) is 10.2. The molecule has 0 unspecified atom stereocenters. The number of alkyl halides is 2. The number of aryl methyl sites for hydroxylation is 1. The highest BCUT2D eigenvalue weighted by Gasteiger charge is 2.50. The summed E-state index contributed by atoms with van der Waals surface area (Å²) in [6, 6.07) is 9.29. The summed E-state index contributed by atoms with van der Waals surface area (Å²) in [5, 5.41) is 8.87. The molecule has 4 aromatic rings. The van der Waals surface area contributed by atoms with Crippen molar-refractivity contribution in [3.05, 3.63) is 69.1 Å². The molecule has 0 amide bonds. The molecule has 170 valence electrons. The Kier molecular flexibility index (Phi) is 5.28. The van der Waals surface area contributed by atoms with Gasteiger partial charge < -0.3 is 9.26 Å². The van der Waals surface area contributed by atoms with Gasteiger partial charge in [-0.3, -0.25) is 4.68 Å². The first-order chi connectivity index (χ1) is 15.9. The van der Waals surface area contributed by atoms with Crippen LogP contribution in [0, 0.1) is 6.92 Å². The van der Waals surface area contributed by atoms with Crippen molar-refractivity contribution < 1.29 is 22.8 Å². The number of hydrogen-bond acceptors (Lipinski definition) is 8. The molecule has 1 aliphatic carbocycles. The molecule has 0 atom stereocenters. The van der Waals surface area contributed by atoms with Gasteiger partial charge in [0.05, 0.1) is 25.3 Å². The lowest BCUT2D eigenvalue weighted by Crippen LogP contribution is -2.12. The van der Waals surface area contributed by atoms with Gasteiger partial charge >= 0.3 is 5.97 Å². The molecule has 0 aliphatic heterocycles. The van der Waals surface area contributed by atoms with Crippen LogP contribution < -0.4 is 0 Å². The number of thiazole rings is 1. The van der Waals surface area contributed by atoms with Crippen LogP contribution in [-0.4, -0.2) is 38.0 Å². The van der Waals surface area contributed by atoms with E-state index in [4.69, 9.17) is 4.52 Å². The van der Waals surface area contributed by atoms with E-state index in [1.807, 2.05) is 25.1 Å². The minimum absolute atomic E-state index is 0.0323. The largest absolute Gasteiger partial charge is 0.465 e. The number of methoxy groups -OCH3 is 1. The van der Waals surface area contributed by atoms with E-state index in [9.17, 15) is 13.6 Å². The number of hydrogen-bond donors (Lipinski definition) is 0. The molecule has 0 radical (unpaired) electrons. The monoisotopic (exact) mass is 471 g/mol. The molecule has 1 aromatic carbocycles. The van der Waals surface area contributed by atoms with E-state index in [0.717, 1.165) is 40.0 Å². The Hall–Kier alpha value is -3.47. The van der Waals surface area contributed by atoms with Crippen molar-refractivity contribution in [2.45, 2.75) is 38.2 Å². The fourth-order valence-electron chi connectivity index (χ4n) is 3.91. The zero-order valence-electron chi connectivity index (χ0n) is 17.8. The van der Waals surface area contributed by atoms with Crippen molar-refractivity contribution in [2.24, 2.45) is 0 Å². The van der Waals surface area contributed by atoms with Crippen LogP contribution in [0.15, 0.2) is 41.1 Å². The molecular weight excluding hydrogens is 452 g/mol. The summed E-state index contributed by atoms with van der Waals surface area (Å²) < 4.78 is 38.6. The second-order valence-electron chi connectivity index (χ2n) is 7.84. The molecule has 5 rings (SSSR count). The Labute approximate surface area is 191 Å². The summed E-state index contributed by atoms with van der Waals surface area (Å²) in [6.07, 6.45) is 0.360. The molecule has 1 fully saturated rings. The maximum Gasteiger partial charge on any atom is 0.349 e. The van der Waals surface area contributed by atoms with Gasteiger partial charge in [-0.2, -0.15) is 10.1 Å². The Morgan fingerprint density at radius 1 is 1.33 bits per heavy atom. The van der Waals surface area contributed by atoms with Gasteiger partial charge in [-0.15, -0.1) is 11.3 Å². The van der Waals surface area contributed by atoms with Crippen LogP contribution in [0.1, 0.15) is 56.6 Å². The summed E-state index contributed by atoms with van der Waals surface area (Å²) in [5.74, 6) is 0.0810. The van der Waals surface area contributed by atoms with Gasteiger partial charge in [0.25, 0.3) is 12.3 Å². The zero-order valence-corrected chi connectivity index (χ0v) is 18.6. The minimum atomic E-state index is -2.77. The molecule has 3 aromatic heterocycles. The van der Waals surface area contributed by atoms with Crippen molar-refractivity contribution in [1.29, 1.82) is 0 Å².